The molecule has 7 nitrogen and oxygen atoms in total. The van der Waals surface area contributed by atoms with Crippen LogP contribution in [0.4, 0.5) is 0 Å². The van der Waals surface area contributed by atoms with Crippen molar-refractivity contribution in [1.29, 1.82) is 0 Å². The van der Waals surface area contributed by atoms with Crippen molar-refractivity contribution in [2.75, 3.05) is 0 Å². The van der Waals surface area contributed by atoms with Crippen LogP contribution in [-0.4, -0.2) is 48.1 Å². The van der Waals surface area contributed by atoms with Gasteiger partial charge in [-0.2, -0.15) is 0 Å². The molecule has 0 radical (unpaired) electrons. The predicted molar refractivity (Wildman–Crippen MR) is 197 cm³/mol. The fraction of sp³-hybridized carbons (Fsp3) is 0.558. The normalized spacial score (nSPS) is 37.1. The highest BCUT2D eigenvalue weighted by Gasteiger charge is 2.67. The second-order valence-corrected chi connectivity index (χ2v) is 18.2. The van der Waals surface area contributed by atoms with Gasteiger partial charge in [-0.25, -0.2) is 4.79 Å². The molecule has 1 aromatic carbocycles. The first-order valence-corrected chi connectivity index (χ1v) is 18.4. The fourth-order valence-electron chi connectivity index (χ4n) is 12.4. The van der Waals surface area contributed by atoms with E-state index in [2.05, 4.69) is 77.7 Å². The van der Waals surface area contributed by atoms with Crippen molar-refractivity contribution in [3.63, 3.8) is 0 Å². The molecule has 0 saturated heterocycles. The summed E-state index contributed by atoms with van der Waals surface area (Å²) in [6.45, 7) is 23.2. The summed E-state index contributed by atoms with van der Waals surface area (Å²) in [6.07, 6.45) is 10.7. The number of aromatic nitrogens is 1. The minimum atomic E-state index is -0.947. The molecule has 8 unspecified atom stereocenters. The number of rotatable bonds is 4. The van der Waals surface area contributed by atoms with Crippen LogP contribution in [-0.2, 0) is 21.4 Å². The fourth-order valence-corrected chi connectivity index (χ4v) is 12.4. The Labute approximate surface area is 295 Å². The van der Waals surface area contributed by atoms with Gasteiger partial charge < -0.3 is 29.6 Å². The number of aromatic hydroxyl groups is 1. The molecule has 0 spiro atoms. The van der Waals surface area contributed by atoms with Crippen molar-refractivity contribution in [2.24, 2.45) is 28.6 Å². The zero-order chi connectivity index (χ0) is 36.2. The molecule has 0 bridgehead atoms. The zero-order valence-electron chi connectivity index (χ0n) is 31.1. The summed E-state index contributed by atoms with van der Waals surface area (Å²) in [5, 5.41) is 47.4. The maximum Gasteiger partial charge on any atom is 0.331 e. The Bertz CT molecular complexity index is 2110. The molecule has 0 amide bonds. The van der Waals surface area contributed by atoms with Gasteiger partial charge in [-0.3, -0.25) is 0 Å². The third-order valence-electron chi connectivity index (χ3n) is 14.6. The standard InChI is InChI=1S/C43H53NO6/c1-21(2)33-36(47)31-30-24(27-20-39(4,5)50-40(6,7)32(27)35(30)46)19-25-26-18-23-13-14-28-41(8,16-11-12-22(3)38(48)49)29(45)15-17-42(28,9)43(23,10)37(26)44(33)34(25)31/h11-12,16,19-20,23,28-29,32,35,45-47H,1,13-15,17-18H2,2-10H3,(H,48,49). The molecule has 2 aromatic heterocycles. The van der Waals surface area contributed by atoms with E-state index in [9.17, 15) is 25.2 Å². The molecule has 8 rings (SSSR count). The van der Waals surface area contributed by atoms with Gasteiger partial charge in [-0.05, 0) is 125 Å². The molecule has 2 fully saturated rings. The first-order chi connectivity index (χ1) is 23.2. The minimum absolute atomic E-state index is 0.141. The molecule has 266 valence electrons. The van der Waals surface area contributed by atoms with Crippen LogP contribution in [0.15, 0.2) is 42.5 Å². The van der Waals surface area contributed by atoms with Crippen LogP contribution in [0, 0.1) is 28.6 Å². The Morgan fingerprint density at radius 1 is 1.06 bits per heavy atom. The number of carboxylic acid groups (broad SMARTS) is 1. The third kappa shape index (κ3) is 3.95. The smallest absolute Gasteiger partial charge is 0.331 e. The molecular formula is C43H53NO6. The maximum absolute atomic E-state index is 12.3. The molecule has 2 saturated carbocycles. The Morgan fingerprint density at radius 3 is 2.42 bits per heavy atom. The van der Waals surface area contributed by atoms with Crippen molar-refractivity contribution in [3.05, 3.63) is 70.6 Å². The van der Waals surface area contributed by atoms with Gasteiger partial charge >= 0.3 is 5.97 Å². The van der Waals surface area contributed by atoms with Crippen LogP contribution < -0.4 is 0 Å². The first-order valence-electron chi connectivity index (χ1n) is 18.4. The predicted octanol–water partition coefficient (Wildman–Crippen LogP) is 8.50. The van der Waals surface area contributed by atoms with Gasteiger partial charge in [0.1, 0.15) is 5.75 Å². The number of hydrogen-bond acceptors (Lipinski definition) is 5. The summed E-state index contributed by atoms with van der Waals surface area (Å²) < 4.78 is 8.85. The summed E-state index contributed by atoms with van der Waals surface area (Å²) >= 11 is 0. The molecule has 4 N–H and O–H groups in total. The summed E-state index contributed by atoms with van der Waals surface area (Å²) in [5.41, 5.74) is 6.01. The van der Waals surface area contributed by atoms with Crippen molar-refractivity contribution in [2.45, 2.75) is 123 Å². The van der Waals surface area contributed by atoms with Crippen molar-refractivity contribution in [1.82, 2.24) is 4.40 Å². The Hall–Kier alpha value is -3.39. The maximum atomic E-state index is 12.3. The van der Waals surface area contributed by atoms with Crippen LogP contribution in [0.2, 0.25) is 0 Å². The van der Waals surface area contributed by atoms with Gasteiger partial charge in [0.15, 0.2) is 0 Å². The van der Waals surface area contributed by atoms with E-state index in [1.165, 1.54) is 11.3 Å². The molecular weight excluding hydrogens is 626 g/mol. The number of ether oxygens (including phenoxy) is 1. The van der Waals surface area contributed by atoms with E-state index in [0.717, 1.165) is 64.2 Å². The number of benzene rings is 1. The number of carboxylic acids is 1. The number of allylic oxidation sites excluding steroid dienone is 3. The lowest BCUT2D eigenvalue weighted by Gasteiger charge is -2.64. The van der Waals surface area contributed by atoms with E-state index in [-0.39, 0.29) is 34.0 Å². The third-order valence-corrected chi connectivity index (χ3v) is 14.6. The van der Waals surface area contributed by atoms with Crippen molar-refractivity contribution in [3.8, 4) is 5.75 Å². The molecule has 7 heteroatoms. The van der Waals surface area contributed by atoms with Crippen molar-refractivity contribution < 1.29 is 30.0 Å². The van der Waals surface area contributed by atoms with Gasteiger partial charge in [-0.1, -0.05) is 45.6 Å². The van der Waals surface area contributed by atoms with E-state index in [4.69, 9.17) is 4.74 Å². The highest BCUT2D eigenvalue weighted by molar-refractivity contribution is 6.11. The van der Waals surface area contributed by atoms with E-state index in [1.54, 1.807) is 13.0 Å². The molecule has 8 atom stereocenters. The Balaban J connectivity index is 1.38. The van der Waals surface area contributed by atoms with Gasteiger partial charge in [0.25, 0.3) is 0 Å². The van der Waals surface area contributed by atoms with Gasteiger partial charge in [0.2, 0.25) is 0 Å². The number of fused-ring (bicyclic) bond motifs is 11. The number of carbonyl (C=O) groups is 1. The summed E-state index contributed by atoms with van der Waals surface area (Å²) in [7, 11) is 0. The highest BCUT2D eigenvalue weighted by Crippen LogP contribution is 2.71. The average molecular weight is 680 g/mol. The molecule has 1 aliphatic heterocycles. The highest BCUT2D eigenvalue weighted by atomic mass is 16.5. The topological polar surface area (TPSA) is 112 Å². The second kappa shape index (κ2) is 10.1. The summed E-state index contributed by atoms with van der Waals surface area (Å²) in [6, 6.07) is 2.31. The van der Waals surface area contributed by atoms with Crippen LogP contribution in [0.5, 0.6) is 5.75 Å². The van der Waals surface area contributed by atoms with Crippen LogP contribution in [0.3, 0.4) is 0 Å². The van der Waals surface area contributed by atoms with Crippen LogP contribution in [0.1, 0.15) is 122 Å². The lowest BCUT2D eigenvalue weighted by atomic mass is 9.40. The van der Waals surface area contributed by atoms with Gasteiger partial charge in [-0.15, -0.1) is 0 Å². The summed E-state index contributed by atoms with van der Waals surface area (Å²) in [4.78, 5) is 11.5. The van der Waals surface area contributed by atoms with E-state index in [0.29, 0.717) is 18.0 Å². The molecule has 3 heterocycles. The first kappa shape index (κ1) is 33.7. The molecule has 5 aliphatic rings. The van der Waals surface area contributed by atoms with Crippen LogP contribution in [0.25, 0.3) is 27.4 Å². The van der Waals surface area contributed by atoms with E-state index in [1.807, 2.05) is 13.0 Å². The minimum Gasteiger partial charge on any atom is -0.505 e. The number of aliphatic hydroxyl groups excluding tert-OH is 2. The van der Waals surface area contributed by atoms with Gasteiger partial charge in [0.05, 0.1) is 34.6 Å². The lowest BCUT2D eigenvalue weighted by molar-refractivity contribution is -0.144. The molecule has 3 aromatic rings. The van der Waals surface area contributed by atoms with E-state index >= 15 is 0 Å². The quantitative estimate of drug-likeness (QED) is 0.163. The van der Waals surface area contributed by atoms with Crippen LogP contribution >= 0.6 is 0 Å². The monoisotopic (exact) mass is 679 g/mol. The Morgan fingerprint density at radius 2 is 1.76 bits per heavy atom. The number of aliphatic carboxylic acids is 1. The zero-order valence-corrected chi connectivity index (χ0v) is 31.1. The number of aliphatic hydroxyl groups is 2. The molecule has 50 heavy (non-hydrogen) atoms. The lowest BCUT2D eigenvalue weighted by Crippen LogP contribution is -2.62. The molecule has 4 aliphatic carbocycles. The van der Waals surface area contributed by atoms with Gasteiger partial charge in [0, 0.05) is 44.4 Å². The largest absolute Gasteiger partial charge is 0.505 e. The summed E-state index contributed by atoms with van der Waals surface area (Å²) in [5.74, 6) is -0.501. The second-order valence-electron chi connectivity index (χ2n) is 18.2. The van der Waals surface area contributed by atoms with Crippen molar-refractivity contribution >= 4 is 33.4 Å². The Kier molecular flexibility index (Phi) is 6.84. The number of hydrogen-bond donors (Lipinski definition) is 4. The SMILES string of the molecule is C=C(C)c1c(O)c2c3c(cc4c5c(n1c42)C1(C)C(CCC2C(C)(C=CC=C(C)C(=O)O)C(O)CCC21C)C5)C1=CC(C)(C)OC(C)(C)C1C3O. The van der Waals surface area contributed by atoms with E-state index < -0.39 is 34.8 Å². The number of nitrogens with zero attached hydrogens (tertiary/aromatic N) is 1. The average Bonchev–Trinajstić information content (AvgIpc) is 3.67.